The lowest BCUT2D eigenvalue weighted by Crippen LogP contribution is -2.41. The molecule has 1 aromatic rings. The molecule has 1 heterocycles. The molecule has 1 saturated carbocycles. The predicted octanol–water partition coefficient (Wildman–Crippen LogP) is 2.51. The maximum absolute atomic E-state index is 12.1. The number of amides is 2. The van der Waals surface area contributed by atoms with Crippen LogP contribution in [0.15, 0.2) is 24.5 Å². The number of nitrogens with zero attached hydrogens (tertiary/aromatic N) is 2. The first-order valence-corrected chi connectivity index (χ1v) is 7.91. The lowest BCUT2D eigenvalue weighted by molar-refractivity contribution is 0.203. The summed E-state index contributed by atoms with van der Waals surface area (Å²) in [7, 11) is 1.83. The number of carbonyl (C=O) groups excluding carboxylic acids is 1. The molecule has 0 bridgehead atoms. The van der Waals surface area contributed by atoms with Crippen LogP contribution in [0.1, 0.15) is 24.8 Å². The second-order valence-corrected chi connectivity index (χ2v) is 6.17. The van der Waals surface area contributed by atoms with Gasteiger partial charge in [-0.05, 0) is 43.2 Å². The van der Waals surface area contributed by atoms with E-state index in [1.54, 1.807) is 17.3 Å². The van der Waals surface area contributed by atoms with Crippen molar-refractivity contribution in [3.8, 4) is 0 Å². The van der Waals surface area contributed by atoms with Crippen LogP contribution in [0.4, 0.5) is 4.79 Å². The molecule has 5 heteroatoms. The Labute approximate surface area is 119 Å². The average molecular weight is 279 g/mol. The number of aromatic nitrogens is 1. The van der Waals surface area contributed by atoms with E-state index in [-0.39, 0.29) is 6.03 Å². The van der Waals surface area contributed by atoms with E-state index >= 15 is 0 Å². The van der Waals surface area contributed by atoms with Crippen LogP contribution < -0.4 is 5.32 Å². The minimum absolute atomic E-state index is 0.0172. The van der Waals surface area contributed by atoms with E-state index in [0.717, 1.165) is 18.4 Å². The Balaban J connectivity index is 1.80. The zero-order valence-corrected chi connectivity index (χ0v) is 12.3. The molecule has 2 atom stereocenters. The van der Waals surface area contributed by atoms with Gasteiger partial charge in [-0.15, -0.1) is 0 Å². The Bertz CT molecular complexity index is 412. The van der Waals surface area contributed by atoms with Crippen molar-refractivity contribution in [3.63, 3.8) is 0 Å². The zero-order chi connectivity index (χ0) is 13.7. The predicted molar refractivity (Wildman–Crippen MR) is 79.2 cm³/mol. The first-order chi connectivity index (χ1) is 9.19. The summed E-state index contributed by atoms with van der Waals surface area (Å²) in [4.78, 5) is 17.8. The Morgan fingerprint density at radius 3 is 2.84 bits per heavy atom. The SMILES string of the molecule is CS[C@H]1CC[C@@H](NC(=O)N(C)Cc2ccncc2)C1. The molecule has 19 heavy (non-hydrogen) atoms. The van der Waals surface area contributed by atoms with Crippen molar-refractivity contribution in [2.24, 2.45) is 0 Å². The summed E-state index contributed by atoms with van der Waals surface area (Å²) >= 11 is 1.90. The van der Waals surface area contributed by atoms with E-state index in [1.807, 2.05) is 30.9 Å². The van der Waals surface area contributed by atoms with Crippen LogP contribution in [0.2, 0.25) is 0 Å². The van der Waals surface area contributed by atoms with E-state index in [1.165, 1.54) is 6.42 Å². The van der Waals surface area contributed by atoms with Gasteiger partial charge in [0.2, 0.25) is 0 Å². The molecule has 2 rings (SSSR count). The number of thioether (sulfide) groups is 1. The van der Waals surface area contributed by atoms with E-state index in [9.17, 15) is 4.79 Å². The number of rotatable bonds is 4. The smallest absolute Gasteiger partial charge is 0.317 e. The summed E-state index contributed by atoms with van der Waals surface area (Å²) in [6.07, 6.45) is 9.04. The van der Waals surface area contributed by atoms with Gasteiger partial charge in [-0.2, -0.15) is 11.8 Å². The van der Waals surface area contributed by atoms with Crippen molar-refractivity contribution in [1.82, 2.24) is 15.2 Å². The number of hydrogen-bond acceptors (Lipinski definition) is 3. The molecule has 1 N–H and O–H groups in total. The average Bonchev–Trinajstić information content (AvgIpc) is 2.87. The van der Waals surface area contributed by atoms with E-state index in [2.05, 4.69) is 16.6 Å². The zero-order valence-electron chi connectivity index (χ0n) is 11.5. The summed E-state index contributed by atoms with van der Waals surface area (Å²) in [5.74, 6) is 0. The Morgan fingerprint density at radius 1 is 1.47 bits per heavy atom. The Kier molecular flexibility index (Phi) is 5.07. The lowest BCUT2D eigenvalue weighted by atomic mass is 10.2. The van der Waals surface area contributed by atoms with Gasteiger partial charge in [0.1, 0.15) is 0 Å². The molecule has 0 radical (unpaired) electrons. The number of pyridine rings is 1. The second kappa shape index (κ2) is 6.80. The first kappa shape index (κ1) is 14.2. The van der Waals surface area contributed by atoms with E-state index in [0.29, 0.717) is 17.8 Å². The van der Waals surface area contributed by atoms with Crippen molar-refractivity contribution in [2.75, 3.05) is 13.3 Å². The Hall–Kier alpha value is -1.23. The molecular formula is C14H21N3OS. The van der Waals surface area contributed by atoms with Crippen molar-refractivity contribution in [2.45, 2.75) is 37.1 Å². The summed E-state index contributed by atoms with van der Waals surface area (Å²) in [6, 6.07) is 4.22. The molecule has 1 aromatic heterocycles. The van der Waals surface area contributed by atoms with E-state index in [4.69, 9.17) is 0 Å². The molecule has 0 aromatic carbocycles. The van der Waals surface area contributed by atoms with Gasteiger partial charge in [0, 0.05) is 37.3 Å². The number of urea groups is 1. The molecule has 0 saturated heterocycles. The van der Waals surface area contributed by atoms with Crippen molar-refractivity contribution in [3.05, 3.63) is 30.1 Å². The fourth-order valence-electron chi connectivity index (χ4n) is 2.40. The highest BCUT2D eigenvalue weighted by Crippen LogP contribution is 2.28. The topological polar surface area (TPSA) is 45.2 Å². The number of hydrogen-bond donors (Lipinski definition) is 1. The molecular weight excluding hydrogens is 258 g/mol. The van der Waals surface area contributed by atoms with Crippen LogP contribution in [0.25, 0.3) is 0 Å². The second-order valence-electron chi connectivity index (χ2n) is 5.03. The molecule has 0 aliphatic heterocycles. The standard InChI is InChI=1S/C14H21N3OS/c1-17(10-11-5-7-15-8-6-11)14(18)16-12-3-4-13(9-12)19-2/h5-8,12-13H,3-4,9-10H2,1-2H3,(H,16,18)/t12-,13+/m1/s1. The Morgan fingerprint density at radius 2 is 2.21 bits per heavy atom. The highest BCUT2D eigenvalue weighted by molar-refractivity contribution is 7.99. The third-order valence-electron chi connectivity index (χ3n) is 3.56. The maximum Gasteiger partial charge on any atom is 0.317 e. The summed E-state index contributed by atoms with van der Waals surface area (Å²) < 4.78 is 0. The largest absolute Gasteiger partial charge is 0.335 e. The first-order valence-electron chi connectivity index (χ1n) is 6.62. The normalized spacial score (nSPS) is 22.2. The molecule has 1 aliphatic carbocycles. The highest BCUT2D eigenvalue weighted by atomic mass is 32.2. The number of nitrogens with one attached hydrogen (secondary N) is 1. The molecule has 1 fully saturated rings. The van der Waals surface area contributed by atoms with Crippen LogP contribution in [0.3, 0.4) is 0 Å². The third-order valence-corrected chi connectivity index (χ3v) is 4.66. The van der Waals surface area contributed by atoms with Crippen LogP contribution in [0, 0.1) is 0 Å². The van der Waals surface area contributed by atoms with Gasteiger partial charge in [0.15, 0.2) is 0 Å². The van der Waals surface area contributed by atoms with Gasteiger partial charge in [-0.1, -0.05) is 0 Å². The summed E-state index contributed by atoms with van der Waals surface area (Å²) in [5, 5.41) is 3.83. The van der Waals surface area contributed by atoms with Crippen LogP contribution in [-0.2, 0) is 6.54 Å². The number of carbonyl (C=O) groups is 1. The molecule has 2 amide bonds. The van der Waals surface area contributed by atoms with Crippen LogP contribution >= 0.6 is 11.8 Å². The van der Waals surface area contributed by atoms with Gasteiger partial charge >= 0.3 is 6.03 Å². The van der Waals surface area contributed by atoms with Gasteiger partial charge < -0.3 is 10.2 Å². The molecule has 0 spiro atoms. The van der Waals surface area contributed by atoms with Crippen molar-refractivity contribution >= 4 is 17.8 Å². The van der Waals surface area contributed by atoms with Gasteiger partial charge in [-0.25, -0.2) is 4.79 Å². The maximum atomic E-state index is 12.1. The minimum Gasteiger partial charge on any atom is -0.335 e. The highest BCUT2D eigenvalue weighted by Gasteiger charge is 2.25. The lowest BCUT2D eigenvalue weighted by Gasteiger charge is -2.21. The molecule has 4 nitrogen and oxygen atoms in total. The van der Waals surface area contributed by atoms with E-state index < -0.39 is 0 Å². The van der Waals surface area contributed by atoms with Crippen LogP contribution in [0.5, 0.6) is 0 Å². The summed E-state index contributed by atoms with van der Waals surface area (Å²) in [5.41, 5.74) is 1.10. The van der Waals surface area contributed by atoms with Crippen LogP contribution in [-0.4, -0.2) is 40.5 Å². The quantitative estimate of drug-likeness (QED) is 0.921. The summed E-state index contributed by atoms with van der Waals surface area (Å²) in [6.45, 7) is 0.618. The van der Waals surface area contributed by atoms with Crippen molar-refractivity contribution in [1.29, 1.82) is 0 Å². The van der Waals surface area contributed by atoms with Crippen molar-refractivity contribution < 1.29 is 4.79 Å². The van der Waals surface area contributed by atoms with Gasteiger partial charge in [0.25, 0.3) is 0 Å². The fourth-order valence-corrected chi connectivity index (χ4v) is 3.20. The minimum atomic E-state index is 0.0172. The third kappa shape index (κ3) is 4.13. The van der Waals surface area contributed by atoms with Gasteiger partial charge in [-0.3, -0.25) is 4.98 Å². The monoisotopic (exact) mass is 279 g/mol. The molecule has 104 valence electrons. The molecule has 1 aliphatic rings. The fraction of sp³-hybridized carbons (Fsp3) is 0.571. The van der Waals surface area contributed by atoms with Gasteiger partial charge in [0.05, 0.1) is 0 Å². The molecule has 0 unspecified atom stereocenters.